The third kappa shape index (κ3) is 14.8. The third-order valence-electron chi connectivity index (χ3n) is 14.2. The zero-order valence-electron chi connectivity index (χ0n) is 50.7. The predicted octanol–water partition coefficient (Wildman–Crippen LogP) is 3.09. The summed E-state index contributed by atoms with van der Waals surface area (Å²) in [6.07, 6.45) is 13.5. The van der Waals surface area contributed by atoms with Gasteiger partial charge in [0.25, 0.3) is 41.4 Å². The highest BCUT2D eigenvalue weighted by atomic mass is 16.3. The van der Waals surface area contributed by atoms with Crippen LogP contribution in [0.5, 0.6) is 5.75 Å². The molecule has 0 bridgehead atoms. The fourth-order valence-corrected chi connectivity index (χ4v) is 9.64. The Labute approximate surface area is 513 Å². The number of aromatic nitrogens is 12. The maximum absolute atomic E-state index is 13.5. The summed E-state index contributed by atoms with van der Waals surface area (Å²) < 4.78 is 10.7. The van der Waals surface area contributed by atoms with Gasteiger partial charge in [0, 0.05) is 131 Å². The van der Waals surface area contributed by atoms with Crippen LogP contribution < -0.4 is 47.9 Å². The van der Waals surface area contributed by atoms with Crippen molar-refractivity contribution in [3.63, 3.8) is 0 Å². The molecule has 470 valence electrons. The summed E-state index contributed by atoms with van der Waals surface area (Å²) in [6.45, 7) is 1.62. The number of carbonyl (C=O) groups is 9. The van der Waals surface area contributed by atoms with E-state index >= 15 is 0 Å². The monoisotopic (exact) mass is 1230 g/mol. The van der Waals surface area contributed by atoms with Gasteiger partial charge in [-0.1, -0.05) is 0 Å². The van der Waals surface area contributed by atoms with E-state index < -0.39 is 47.3 Å². The fraction of sp³-hybridized carbons (Fsp3) is 0.293. The van der Waals surface area contributed by atoms with Crippen molar-refractivity contribution in [1.82, 2.24) is 77.7 Å². The lowest BCUT2D eigenvalue weighted by molar-refractivity contribution is -0.121. The van der Waals surface area contributed by atoms with Crippen molar-refractivity contribution in [3.8, 4) is 17.4 Å². The molecule has 32 heteroatoms. The highest BCUT2D eigenvalue weighted by molar-refractivity contribution is 6.11. The summed E-state index contributed by atoms with van der Waals surface area (Å²) >= 11 is 0. The molecule has 0 spiro atoms. The molecule has 0 saturated heterocycles. The Balaban J connectivity index is 0.701. The smallest absolute Gasteiger partial charge is 0.292 e. The van der Waals surface area contributed by atoms with E-state index in [0.717, 1.165) is 13.0 Å². The van der Waals surface area contributed by atoms with Crippen LogP contribution in [0.15, 0.2) is 86.0 Å². The second-order valence-corrected chi connectivity index (χ2v) is 21.5. The number of amides is 9. The van der Waals surface area contributed by atoms with Crippen molar-refractivity contribution in [2.75, 3.05) is 72.2 Å². The molecule has 8 aromatic heterocycles. The van der Waals surface area contributed by atoms with Gasteiger partial charge >= 0.3 is 0 Å². The van der Waals surface area contributed by atoms with Gasteiger partial charge in [0.05, 0.1) is 33.8 Å². The molecule has 11 N–H and O–H groups in total. The largest absolute Gasteiger partial charge is 0.505 e. The zero-order valence-corrected chi connectivity index (χ0v) is 50.7. The summed E-state index contributed by atoms with van der Waals surface area (Å²) in [4.78, 5) is 140. The van der Waals surface area contributed by atoms with Crippen molar-refractivity contribution < 1.29 is 48.3 Å². The van der Waals surface area contributed by atoms with Gasteiger partial charge < -0.3 is 94.8 Å². The Morgan fingerprint density at radius 2 is 1.00 bits per heavy atom. The Kier molecular flexibility index (Phi) is 18.9. The molecule has 0 aliphatic carbocycles. The molecule has 0 unspecified atom stereocenters. The van der Waals surface area contributed by atoms with Crippen LogP contribution in [0.3, 0.4) is 0 Å². The Hall–Kier alpha value is -11.6. The molecule has 0 fully saturated rings. The van der Waals surface area contributed by atoms with Gasteiger partial charge in [-0.2, -0.15) is 0 Å². The minimum absolute atomic E-state index is 0.0165. The minimum atomic E-state index is -0.667. The number of phenolic OH excluding ortho intramolecular Hbond substituents is 1. The van der Waals surface area contributed by atoms with Crippen LogP contribution in [-0.2, 0) is 58.9 Å². The number of anilines is 6. The number of aromatic hydroxyl groups is 1. The second-order valence-electron chi connectivity index (χ2n) is 21.5. The molecule has 1 aromatic carbocycles. The number of nitrogens with zero attached hydrogens (tertiary/aromatic N) is 12. The van der Waals surface area contributed by atoms with Crippen molar-refractivity contribution in [2.45, 2.75) is 25.7 Å². The lowest BCUT2D eigenvalue weighted by Gasteiger charge is -2.10. The number of hydrogen-bond acceptors (Lipinski definition) is 15. The van der Waals surface area contributed by atoms with Gasteiger partial charge in [0.1, 0.15) is 28.3 Å². The highest BCUT2D eigenvalue weighted by Crippen LogP contribution is 2.31. The van der Waals surface area contributed by atoms with Crippen molar-refractivity contribution >= 4 is 98.6 Å². The lowest BCUT2D eigenvalue weighted by atomic mass is 10.1. The van der Waals surface area contributed by atoms with E-state index in [9.17, 15) is 48.3 Å². The standard InChI is InChI=1S/C58H68N22O10/c1-73(2)20-11-17-59-44(81)15-18-62-54(86)39-23-33(27-76(39)5)64-55(87)40-24-34(28-77(40)6)65-56(88)41-25-35(29-78(41)7)66-58(90)51-70-42(30-80(51)9)68-45(82)12-10-16-61-53(85)38-22-32(26-75(38)4)63-52(84)36-13-14-37-46(47(36)83)72-48(67-37)49-69-43(31-79(49)8)71-57(89)50-60-19-21-74(50)3/h13-14,19,21-31,83H,10-12,15-18,20H2,1-9H3,(H,59,81)(H,61,85)(H,62,86)(H,63,84)(H,64,87)(H,65,88)(H,66,90)(H,67,72)(H,68,82)(H,71,89). The molecule has 0 saturated carbocycles. The van der Waals surface area contributed by atoms with Gasteiger partial charge in [-0.25, -0.2) is 19.9 Å². The average molecular weight is 1230 g/mol. The number of carbonyl (C=O) groups excluding carboxylic acids is 9. The molecular formula is C58H68N22O10. The molecule has 0 aliphatic heterocycles. The predicted molar refractivity (Wildman–Crippen MR) is 331 cm³/mol. The molecule has 90 heavy (non-hydrogen) atoms. The summed E-state index contributed by atoms with van der Waals surface area (Å²) in [5, 5.41) is 35.9. The second kappa shape index (κ2) is 27.0. The van der Waals surface area contributed by atoms with Crippen LogP contribution >= 0.6 is 0 Å². The number of rotatable bonds is 25. The van der Waals surface area contributed by atoms with Gasteiger partial charge in [-0.3, -0.25) is 43.2 Å². The summed E-state index contributed by atoms with van der Waals surface area (Å²) in [5.41, 5.74) is 2.46. The number of fused-ring (bicyclic) bond motifs is 1. The number of aryl methyl sites for hydroxylation is 7. The number of hydrogen-bond donors (Lipinski definition) is 11. The third-order valence-corrected chi connectivity index (χ3v) is 14.2. The van der Waals surface area contributed by atoms with Crippen LogP contribution in [0.1, 0.15) is 99.2 Å². The van der Waals surface area contributed by atoms with Crippen molar-refractivity contribution in [1.29, 1.82) is 0 Å². The van der Waals surface area contributed by atoms with Gasteiger partial charge in [0.15, 0.2) is 34.9 Å². The summed E-state index contributed by atoms with van der Waals surface area (Å²) in [7, 11) is 15.4. The highest BCUT2D eigenvalue weighted by Gasteiger charge is 2.24. The molecule has 9 rings (SSSR count). The number of imidazole rings is 4. The van der Waals surface area contributed by atoms with Crippen LogP contribution in [0.4, 0.5) is 34.4 Å². The first-order valence-corrected chi connectivity index (χ1v) is 28.2. The van der Waals surface area contributed by atoms with E-state index in [0.29, 0.717) is 29.3 Å². The van der Waals surface area contributed by atoms with Crippen LogP contribution in [-0.4, -0.2) is 160 Å². The molecule has 0 aliphatic rings. The van der Waals surface area contributed by atoms with Crippen LogP contribution in [0.25, 0.3) is 22.7 Å². The average Bonchev–Trinajstić information content (AvgIpc) is 1.64. The van der Waals surface area contributed by atoms with Crippen LogP contribution in [0.2, 0.25) is 0 Å². The van der Waals surface area contributed by atoms with E-state index in [-0.39, 0.29) is 118 Å². The van der Waals surface area contributed by atoms with Gasteiger partial charge in [-0.15, -0.1) is 0 Å². The van der Waals surface area contributed by atoms with E-state index in [4.69, 9.17) is 0 Å². The fourth-order valence-electron chi connectivity index (χ4n) is 9.64. The maximum atomic E-state index is 13.5. The zero-order chi connectivity index (χ0) is 64.7. The summed E-state index contributed by atoms with van der Waals surface area (Å²) in [6, 6.07) is 8.87. The molecule has 8 heterocycles. The molecular weight excluding hydrogens is 1160 g/mol. The Bertz CT molecular complexity index is 4250. The van der Waals surface area contributed by atoms with E-state index in [1.54, 1.807) is 93.9 Å². The van der Waals surface area contributed by atoms with Gasteiger partial charge in [-0.05, 0) is 69.9 Å². The number of benzene rings is 1. The first-order chi connectivity index (χ1) is 42.9. The van der Waals surface area contributed by atoms with Crippen molar-refractivity contribution in [3.05, 3.63) is 126 Å². The number of phenols is 1. The van der Waals surface area contributed by atoms with E-state index in [2.05, 4.69) is 72.8 Å². The SMILES string of the molecule is CN(C)CCCNC(=O)CCNC(=O)c1cc(NC(=O)c2cc(NC(=O)c3cc(NC(=O)c4nc(NC(=O)CCCNC(=O)c5cc(NC(=O)c6ccc7nc(-c8nc(NC(=O)c9nccn9C)cn8C)[nH]c7c6O)cn5C)cn4C)cn3C)cn2C)cn1C. The molecule has 9 amide bonds. The first kappa shape index (κ1) is 62.9. The maximum Gasteiger partial charge on any atom is 0.292 e. The Morgan fingerprint density at radius 1 is 0.489 bits per heavy atom. The molecule has 32 nitrogen and oxygen atoms in total. The van der Waals surface area contributed by atoms with Crippen molar-refractivity contribution in [2.24, 2.45) is 49.3 Å². The lowest BCUT2D eigenvalue weighted by Crippen LogP contribution is -2.32. The Morgan fingerprint density at radius 3 is 1.57 bits per heavy atom. The summed E-state index contributed by atoms with van der Waals surface area (Å²) in [5.74, 6) is -3.60. The normalized spacial score (nSPS) is 11.2. The molecule has 9 aromatic rings. The van der Waals surface area contributed by atoms with Crippen LogP contribution in [0, 0.1) is 0 Å². The molecule has 0 radical (unpaired) electrons. The number of H-pyrrole nitrogens is 1. The first-order valence-electron chi connectivity index (χ1n) is 28.2. The van der Waals surface area contributed by atoms with Gasteiger partial charge in [0.2, 0.25) is 17.6 Å². The quantitative estimate of drug-likeness (QED) is 0.0366. The van der Waals surface area contributed by atoms with E-state index in [1.807, 2.05) is 19.0 Å². The number of aromatic amines is 1. The number of nitrogens with one attached hydrogen (secondary N) is 10. The molecule has 0 atom stereocenters. The topological polar surface area (TPSA) is 387 Å². The van der Waals surface area contributed by atoms with E-state index in [1.165, 1.54) is 73.4 Å². The minimum Gasteiger partial charge on any atom is -0.505 e.